The molecule has 1 heterocycles. The summed E-state index contributed by atoms with van der Waals surface area (Å²) >= 11 is 1.23. The highest BCUT2D eigenvalue weighted by Crippen LogP contribution is 2.25. The van der Waals surface area contributed by atoms with Gasteiger partial charge < -0.3 is 15.9 Å². The normalized spacial score (nSPS) is 11.3. The number of rotatable bonds is 6. The van der Waals surface area contributed by atoms with Gasteiger partial charge in [0.25, 0.3) is 0 Å². The summed E-state index contributed by atoms with van der Waals surface area (Å²) in [5.41, 5.74) is 2.87. The van der Waals surface area contributed by atoms with Crippen LogP contribution in [0.15, 0.2) is 53.7 Å². The Morgan fingerprint density at radius 2 is 1.76 bits per heavy atom. The number of ether oxygens (including phenoxy) is 1. The molecule has 0 spiro atoms. The van der Waals surface area contributed by atoms with E-state index in [1.54, 1.807) is 7.11 Å². The molecule has 3 rings (SSSR count). The summed E-state index contributed by atoms with van der Waals surface area (Å²) in [6, 6.07) is 15.3. The Morgan fingerprint density at radius 1 is 1.10 bits per heavy atom. The molecule has 3 aromatic rings. The molecule has 0 unspecified atom stereocenters. The van der Waals surface area contributed by atoms with Crippen molar-refractivity contribution in [3.63, 3.8) is 0 Å². The van der Waals surface area contributed by atoms with E-state index < -0.39 is 0 Å². The zero-order valence-corrected chi connectivity index (χ0v) is 17.8. The van der Waals surface area contributed by atoms with E-state index >= 15 is 0 Å². The van der Waals surface area contributed by atoms with Crippen LogP contribution in [0, 0.1) is 0 Å². The number of hydrogen-bond acceptors (Lipinski definition) is 6. The maximum absolute atomic E-state index is 12.3. The van der Waals surface area contributed by atoms with Crippen LogP contribution in [0.25, 0.3) is 11.4 Å². The number of carbonyl (C=O) groups excluding carboxylic acids is 1. The van der Waals surface area contributed by atoms with Crippen molar-refractivity contribution in [2.75, 3.05) is 24.0 Å². The van der Waals surface area contributed by atoms with E-state index in [2.05, 4.69) is 36.3 Å². The maximum atomic E-state index is 12.3. The van der Waals surface area contributed by atoms with E-state index in [0.29, 0.717) is 11.0 Å². The van der Waals surface area contributed by atoms with E-state index in [4.69, 9.17) is 10.6 Å². The molecule has 0 fully saturated rings. The quantitative estimate of drug-likeness (QED) is 0.474. The van der Waals surface area contributed by atoms with Crippen LogP contribution < -0.4 is 15.9 Å². The van der Waals surface area contributed by atoms with Crippen LogP contribution in [0.5, 0.6) is 5.75 Å². The van der Waals surface area contributed by atoms with Crippen molar-refractivity contribution >= 4 is 23.4 Å². The number of benzene rings is 2. The largest absolute Gasteiger partial charge is 0.497 e. The van der Waals surface area contributed by atoms with Gasteiger partial charge in [-0.3, -0.25) is 4.79 Å². The third-order valence-corrected chi connectivity index (χ3v) is 5.32. The minimum atomic E-state index is -0.132. The fraction of sp³-hybridized carbons (Fsp3) is 0.286. The molecule has 8 heteroatoms. The van der Waals surface area contributed by atoms with Crippen LogP contribution in [0.4, 0.5) is 5.69 Å². The minimum absolute atomic E-state index is 0.0746. The first-order chi connectivity index (χ1) is 13.8. The molecule has 0 aliphatic carbocycles. The molecule has 0 aliphatic heterocycles. The Labute approximate surface area is 174 Å². The molecule has 1 amide bonds. The maximum Gasteiger partial charge on any atom is 0.234 e. The number of methoxy groups -OCH3 is 1. The first-order valence-corrected chi connectivity index (χ1v) is 10.1. The van der Waals surface area contributed by atoms with Crippen LogP contribution in [-0.2, 0) is 10.2 Å². The van der Waals surface area contributed by atoms with Crippen molar-refractivity contribution < 1.29 is 9.53 Å². The van der Waals surface area contributed by atoms with Crippen LogP contribution >= 0.6 is 11.8 Å². The Bertz CT molecular complexity index is 976. The van der Waals surface area contributed by atoms with Crippen LogP contribution in [-0.4, -0.2) is 33.6 Å². The summed E-state index contributed by atoms with van der Waals surface area (Å²) in [6.07, 6.45) is 0. The summed E-state index contributed by atoms with van der Waals surface area (Å²) in [6.45, 7) is 6.46. The lowest BCUT2D eigenvalue weighted by atomic mass is 9.87. The fourth-order valence-electron chi connectivity index (χ4n) is 2.69. The summed E-state index contributed by atoms with van der Waals surface area (Å²) in [5.74, 6) is 7.43. The van der Waals surface area contributed by atoms with E-state index in [9.17, 15) is 4.79 Å². The average Bonchev–Trinajstić information content (AvgIpc) is 3.06. The standard InChI is InChI=1S/C21H25N5O2S/c1-21(2,3)15-7-9-16(10-8-15)23-18(27)13-29-20-25-24-19(26(20)22)14-5-11-17(28-4)12-6-14/h5-12H,13,22H2,1-4H3,(H,23,27). The second-order valence-electron chi connectivity index (χ2n) is 7.57. The molecule has 3 N–H and O–H groups in total. The number of nitrogens with zero attached hydrogens (tertiary/aromatic N) is 3. The van der Waals surface area contributed by atoms with Gasteiger partial charge in [-0.15, -0.1) is 10.2 Å². The number of carbonyl (C=O) groups is 1. The van der Waals surface area contributed by atoms with Gasteiger partial charge in [0.1, 0.15) is 5.75 Å². The van der Waals surface area contributed by atoms with Crippen molar-refractivity contribution in [2.24, 2.45) is 0 Å². The average molecular weight is 412 g/mol. The van der Waals surface area contributed by atoms with Gasteiger partial charge in [-0.05, 0) is 47.4 Å². The summed E-state index contributed by atoms with van der Waals surface area (Å²) in [7, 11) is 1.61. The Hall–Kier alpha value is -3.00. The van der Waals surface area contributed by atoms with Gasteiger partial charge in [-0.1, -0.05) is 44.7 Å². The molecule has 0 aliphatic rings. The monoisotopic (exact) mass is 411 g/mol. The van der Waals surface area contributed by atoms with Gasteiger partial charge in [0.05, 0.1) is 12.9 Å². The highest BCUT2D eigenvalue weighted by molar-refractivity contribution is 7.99. The minimum Gasteiger partial charge on any atom is -0.497 e. The number of thioether (sulfide) groups is 1. The van der Waals surface area contributed by atoms with Crippen LogP contribution in [0.1, 0.15) is 26.3 Å². The molecule has 0 radical (unpaired) electrons. The number of nitrogens with two attached hydrogens (primary N) is 1. The summed E-state index contributed by atoms with van der Waals surface area (Å²) < 4.78 is 6.54. The number of hydrogen-bond donors (Lipinski definition) is 2. The van der Waals surface area contributed by atoms with Crippen LogP contribution in [0.2, 0.25) is 0 Å². The van der Waals surface area contributed by atoms with Crippen LogP contribution in [0.3, 0.4) is 0 Å². The van der Waals surface area contributed by atoms with Crippen molar-refractivity contribution in [3.8, 4) is 17.1 Å². The van der Waals surface area contributed by atoms with Crippen molar-refractivity contribution in [3.05, 3.63) is 54.1 Å². The lowest BCUT2D eigenvalue weighted by Crippen LogP contribution is -2.17. The lowest BCUT2D eigenvalue weighted by molar-refractivity contribution is -0.113. The predicted octanol–water partition coefficient (Wildman–Crippen LogP) is 3.70. The molecule has 2 aromatic carbocycles. The number of nitrogens with one attached hydrogen (secondary N) is 1. The summed E-state index contributed by atoms with van der Waals surface area (Å²) in [4.78, 5) is 12.3. The molecular weight excluding hydrogens is 386 g/mol. The second-order valence-corrected chi connectivity index (χ2v) is 8.51. The number of anilines is 1. The number of aromatic nitrogens is 3. The van der Waals surface area contributed by atoms with E-state index in [1.807, 2.05) is 48.5 Å². The zero-order valence-electron chi connectivity index (χ0n) is 17.0. The molecule has 0 atom stereocenters. The Kier molecular flexibility index (Phi) is 6.12. The molecule has 0 saturated heterocycles. The van der Waals surface area contributed by atoms with E-state index in [-0.39, 0.29) is 17.1 Å². The van der Waals surface area contributed by atoms with Crippen molar-refractivity contribution in [2.45, 2.75) is 31.3 Å². The fourth-order valence-corrected chi connectivity index (χ4v) is 3.35. The predicted molar refractivity (Wildman–Crippen MR) is 117 cm³/mol. The van der Waals surface area contributed by atoms with Gasteiger partial charge in [-0.25, -0.2) is 4.68 Å². The zero-order chi connectivity index (χ0) is 21.0. The molecular formula is C21H25N5O2S. The Morgan fingerprint density at radius 3 is 2.34 bits per heavy atom. The van der Waals surface area contributed by atoms with Gasteiger partial charge in [-0.2, -0.15) is 0 Å². The van der Waals surface area contributed by atoms with Crippen molar-refractivity contribution in [1.29, 1.82) is 0 Å². The van der Waals surface area contributed by atoms with Gasteiger partial charge in [0.2, 0.25) is 11.1 Å². The number of nitrogen functional groups attached to an aromatic ring is 1. The lowest BCUT2D eigenvalue weighted by Gasteiger charge is -2.19. The topological polar surface area (TPSA) is 95.1 Å². The Balaban J connectivity index is 1.60. The molecule has 7 nitrogen and oxygen atoms in total. The molecule has 0 saturated carbocycles. The third-order valence-electron chi connectivity index (χ3n) is 4.38. The van der Waals surface area contributed by atoms with E-state index in [1.165, 1.54) is 22.0 Å². The molecule has 152 valence electrons. The molecule has 0 bridgehead atoms. The molecule has 1 aromatic heterocycles. The van der Waals surface area contributed by atoms with Gasteiger partial charge >= 0.3 is 0 Å². The second kappa shape index (κ2) is 8.57. The summed E-state index contributed by atoms with van der Waals surface area (Å²) in [5, 5.41) is 11.6. The van der Waals surface area contributed by atoms with Crippen molar-refractivity contribution in [1.82, 2.24) is 14.9 Å². The SMILES string of the molecule is COc1ccc(-c2nnc(SCC(=O)Nc3ccc(C(C)(C)C)cc3)n2N)cc1. The highest BCUT2D eigenvalue weighted by Gasteiger charge is 2.15. The first kappa shape index (κ1) is 20.7. The van der Waals surface area contributed by atoms with E-state index in [0.717, 1.165) is 17.0 Å². The first-order valence-electron chi connectivity index (χ1n) is 9.16. The highest BCUT2D eigenvalue weighted by atomic mass is 32.2. The smallest absolute Gasteiger partial charge is 0.234 e. The third kappa shape index (κ3) is 5.08. The number of amides is 1. The van der Waals surface area contributed by atoms with Gasteiger partial charge in [0.15, 0.2) is 5.82 Å². The van der Waals surface area contributed by atoms with Gasteiger partial charge in [0, 0.05) is 11.3 Å². The molecule has 29 heavy (non-hydrogen) atoms.